The SMILES string of the molecule is O=C(O)[C@@H]1CN(C(=O)c2ccc(OCc3ccccn3)cc2)CCO1. The molecule has 7 nitrogen and oxygen atoms in total. The molecule has 130 valence electrons. The molecule has 1 fully saturated rings. The van der Waals surface area contributed by atoms with Crippen LogP contribution in [0.3, 0.4) is 0 Å². The molecule has 3 rings (SSSR count). The molecular weight excluding hydrogens is 324 g/mol. The number of morpholine rings is 1. The second-order valence-corrected chi connectivity index (χ2v) is 5.58. The maximum absolute atomic E-state index is 12.5. The number of carbonyl (C=O) groups is 2. The van der Waals surface area contributed by atoms with Crippen molar-refractivity contribution < 1.29 is 24.2 Å². The van der Waals surface area contributed by atoms with Crippen LogP contribution < -0.4 is 4.74 Å². The molecule has 0 aliphatic carbocycles. The van der Waals surface area contributed by atoms with E-state index in [2.05, 4.69) is 4.98 Å². The van der Waals surface area contributed by atoms with Gasteiger partial charge in [-0.1, -0.05) is 6.07 Å². The van der Waals surface area contributed by atoms with Crippen molar-refractivity contribution in [1.82, 2.24) is 9.88 Å². The second kappa shape index (κ2) is 7.76. The molecule has 0 saturated carbocycles. The number of carbonyl (C=O) groups excluding carboxylic acids is 1. The maximum atomic E-state index is 12.5. The minimum absolute atomic E-state index is 0.0477. The summed E-state index contributed by atoms with van der Waals surface area (Å²) >= 11 is 0. The van der Waals surface area contributed by atoms with Gasteiger partial charge in [0.15, 0.2) is 6.10 Å². The van der Waals surface area contributed by atoms with E-state index in [-0.39, 0.29) is 19.1 Å². The molecule has 1 aliphatic heterocycles. The van der Waals surface area contributed by atoms with Gasteiger partial charge >= 0.3 is 5.97 Å². The second-order valence-electron chi connectivity index (χ2n) is 5.58. The minimum atomic E-state index is -1.06. The lowest BCUT2D eigenvalue weighted by Crippen LogP contribution is -2.48. The van der Waals surface area contributed by atoms with Gasteiger partial charge in [0.1, 0.15) is 12.4 Å². The number of aliphatic carboxylic acids is 1. The fourth-order valence-corrected chi connectivity index (χ4v) is 2.50. The van der Waals surface area contributed by atoms with Crippen LogP contribution in [0.1, 0.15) is 16.1 Å². The molecular formula is C18H18N2O5. The number of carboxylic acid groups (broad SMARTS) is 1. The van der Waals surface area contributed by atoms with Crippen molar-refractivity contribution in [2.45, 2.75) is 12.7 Å². The Morgan fingerprint density at radius 2 is 2.04 bits per heavy atom. The Hall–Kier alpha value is -2.93. The van der Waals surface area contributed by atoms with Crippen LogP contribution in [0.25, 0.3) is 0 Å². The topological polar surface area (TPSA) is 89.0 Å². The molecule has 2 heterocycles. The molecule has 1 N–H and O–H groups in total. The first-order valence-corrected chi connectivity index (χ1v) is 7.90. The van der Waals surface area contributed by atoms with Gasteiger partial charge in [-0.3, -0.25) is 9.78 Å². The first-order valence-electron chi connectivity index (χ1n) is 7.90. The van der Waals surface area contributed by atoms with Crippen LogP contribution in [-0.2, 0) is 16.1 Å². The fourth-order valence-electron chi connectivity index (χ4n) is 2.50. The van der Waals surface area contributed by atoms with Crippen molar-refractivity contribution in [3.05, 3.63) is 59.9 Å². The molecule has 1 aromatic heterocycles. The smallest absolute Gasteiger partial charge is 0.334 e. The molecule has 1 saturated heterocycles. The third-order valence-electron chi connectivity index (χ3n) is 3.84. The van der Waals surface area contributed by atoms with Gasteiger partial charge in [0.05, 0.1) is 18.8 Å². The summed E-state index contributed by atoms with van der Waals surface area (Å²) in [6.45, 7) is 0.985. The number of rotatable bonds is 5. The van der Waals surface area contributed by atoms with E-state index in [1.165, 1.54) is 4.90 Å². The molecule has 1 aliphatic rings. The standard InChI is InChI=1S/C18H18N2O5/c21-17(20-9-10-24-16(11-20)18(22)23)13-4-6-15(7-5-13)25-12-14-3-1-2-8-19-14/h1-8,16H,9-12H2,(H,22,23)/t16-/m0/s1. The Kier molecular flexibility index (Phi) is 5.25. The van der Waals surface area contributed by atoms with Gasteiger partial charge in [-0.05, 0) is 36.4 Å². The first kappa shape index (κ1) is 16.9. The van der Waals surface area contributed by atoms with Crippen LogP contribution >= 0.6 is 0 Å². The third kappa shape index (κ3) is 4.33. The van der Waals surface area contributed by atoms with Crippen molar-refractivity contribution in [3.63, 3.8) is 0 Å². The summed E-state index contributed by atoms with van der Waals surface area (Å²) in [4.78, 5) is 29.2. The minimum Gasteiger partial charge on any atom is -0.487 e. The quantitative estimate of drug-likeness (QED) is 0.887. The Morgan fingerprint density at radius 1 is 1.24 bits per heavy atom. The molecule has 0 bridgehead atoms. The molecule has 1 amide bonds. The molecule has 7 heteroatoms. The van der Waals surface area contributed by atoms with Crippen LogP contribution in [0.4, 0.5) is 0 Å². The van der Waals surface area contributed by atoms with E-state index in [9.17, 15) is 9.59 Å². The van der Waals surface area contributed by atoms with E-state index in [1.807, 2.05) is 18.2 Å². The van der Waals surface area contributed by atoms with Crippen molar-refractivity contribution in [1.29, 1.82) is 0 Å². The van der Waals surface area contributed by atoms with E-state index in [0.29, 0.717) is 24.5 Å². The lowest BCUT2D eigenvalue weighted by atomic mass is 10.1. The van der Waals surface area contributed by atoms with E-state index in [0.717, 1.165) is 5.69 Å². The number of ether oxygens (including phenoxy) is 2. The van der Waals surface area contributed by atoms with Crippen LogP contribution in [0.5, 0.6) is 5.75 Å². The van der Waals surface area contributed by atoms with Crippen LogP contribution in [0.2, 0.25) is 0 Å². The number of hydrogen-bond donors (Lipinski definition) is 1. The summed E-state index contributed by atoms with van der Waals surface area (Å²) in [6.07, 6.45) is 0.728. The van der Waals surface area contributed by atoms with Crippen molar-refractivity contribution in [2.75, 3.05) is 19.7 Å². The number of carboxylic acids is 1. The highest BCUT2D eigenvalue weighted by Gasteiger charge is 2.29. The Morgan fingerprint density at radius 3 is 2.72 bits per heavy atom. The number of amides is 1. The molecule has 1 atom stereocenters. The highest BCUT2D eigenvalue weighted by molar-refractivity contribution is 5.94. The summed E-state index contributed by atoms with van der Waals surface area (Å²) in [5.74, 6) is -0.644. The summed E-state index contributed by atoms with van der Waals surface area (Å²) in [6, 6.07) is 12.4. The number of benzene rings is 1. The van der Waals surface area contributed by atoms with Gasteiger partial charge < -0.3 is 19.5 Å². The highest BCUT2D eigenvalue weighted by Crippen LogP contribution is 2.16. The lowest BCUT2D eigenvalue weighted by Gasteiger charge is -2.30. The lowest BCUT2D eigenvalue weighted by molar-refractivity contribution is -0.154. The average Bonchev–Trinajstić information content (AvgIpc) is 2.67. The van der Waals surface area contributed by atoms with Gasteiger partial charge in [0, 0.05) is 18.3 Å². The number of pyridine rings is 1. The van der Waals surface area contributed by atoms with Crippen LogP contribution in [0, 0.1) is 0 Å². The molecule has 0 radical (unpaired) electrons. The van der Waals surface area contributed by atoms with E-state index < -0.39 is 12.1 Å². The van der Waals surface area contributed by atoms with Gasteiger partial charge in [-0.15, -0.1) is 0 Å². The first-order chi connectivity index (χ1) is 12.1. The molecule has 25 heavy (non-hydrogen) atoms. The zero-order valence-electron chi connectivity index (χ0n) is 13.5. The summed E-state index contributed by atoms with van der Waals surface area (Å²) in [5, 5.41) is 9.01. The normalized spacial score (nSPS) is 17.1. The van der Waals surface area contributed by atoms with Gasteiger partial charge in [0.2, 0.25) is 0 Å². The highest BCUT2D eigenvalue weighted by atomic mass is 16.5. The van der Waals surface area contributed by atoms with E-state index >= 15 is 0 Å². The zero-order chi connectivity index (χ0) is 17.6. The predicted molar refractivity (Wildman–Crippen MR) is 88.3 cm³/mol. The van der Waals surface area contributed by atoms with Crippen LogP contribution in [0.15, 0.2) is 48.7 Å². The van der Waals surface area contributed by atoms with Crippen molar-refractivity contribution >= 4 is 11.9 Å². The maximum Gasteiger partial charge on any atom is 0.334 e. The van der Waals surface area contributed by atoms with E-state index in [4.69, 9.17) is 14.6 Å². The van der Waals surface area contributed by atoms with Crippen molar-refractivity contribution in [2.24, 2.45) is 0 Å². The Bertz CT molecular complexity index is 733. The summed E-state index contributed by atoms with van der Waals surface area (Å²) < 4.78 is 10.8. The van der Waals surface area contributed by atoms with Gasteiger partial charge in [-0.25, -0.2) is 4.79 Å². The largest absolute Gasteiger partial charge is 0.487 e. The Labute approximate surface area is 144 Å². The fraction of sp³-hybridized carbons (Fsp3) is 0.278. The summed E-state index contributed by atoms with van der Waals surface area (Å²) in [7, 11) is 0. The van der Waals surface area contributed by atoms with Crippen molar-refractivity contribution in [3.8, 4) is 5.75 Å². The number of aromatic nitrogens is 1. The number of hydrogen-bond acceptors (Lipinski definition) is 5. The summed E-state index contributed by atoms with van der Waals surface area (Å²) in [5.41, 5.74) is 1.30. The molecule has 2 aromatic rings. The Balaban J connectivity index is 1.59. The van der Waals surface area contributed by atoms with Gasteiger partial charge in [0.25, 0.3) is 5.91 Å². The monoisotopic (exact) mass is 342 g/mol. The van der Waals surface area contributed by atoms with Crippen LogP contribution in [-0.4, -0.2) is 52.7 Å². The van der Waals surface area contributed by atoms with E-state index in [1.54, 1.807) is 30.5 Å². The average molecular weight is 342 g/mol. The number of nitrogens with zero attached hydrogens (tertiary/aromatic N) is 2. The zero-order valence-corrected chi connectivity index (χ0v) is 13.5. The molecule has 0 spiro atoms. The molecule has 1 aromatic carbocycles. The van der Waals surface area contributed by atoms with Gasteiger partial charge in [-0.2, -0.15) is 0 Å². The molecule has 0 unspecified atom stereocenters. The predicted octanol–water partition coefficient (Wildman–Crippen LogP) is 1.59. The third-order valence-corrected chi connectivity index (χ3v) is 3.84.